The van der Waals surface area contributed by atoms with Crippen LogP contribution >= 0.6 is 0 Å². The van der Waals surface area contributed by atoms with Crippen LogP contribution in [0, 0.1) is 0 Å². The highest BCUT2D eigenvalue weighted by Crippen LogP contribution is 2.44. The first-order chi connectivity index (χ1) is 26.2. The molecule has 0 atom stereocenters. The van der Waals surface area contributed by atoms with Gasteiger partial charge in [-0.2, -0.15) is 0 Å². The van der Waals surface area contributed by atoms with Crippen molar-refractivity contribution in [1.29, 1.82) is 0 Å². The van der Waals surface area contributed by atoms with Crippen LogP contribution in [-0.2, 0) is 10.8 Å². The number of aromatic amines is 1. The van der Waals surface area contributed by atoms with E-state index in [-0.39, 0.29) is 33.8 Å². The van der Waals surface area contributed by atoms with Crippen LogP contribution in [-0.4, -0.2) is 40.4 Å². The van der Waals surface area contributed by atoms with Gasteiger partial charge in [0.15, 0.2) is 11.5 Å². The van der Waals surface area contributed by atoms with Crippen molar-refractivity contribution in [2.75, 3.05) is 0 Å². The number of fused-ring (bicyclic) bond motifs is 14. The molecule has 0 saturated heterocycles. The van der Waals surface area contributed by atoms with Crippen LogP contribution in [0.4, 0.5) is 0 Å². The summed E-state index contributed by atoms with van der Waals surface area (Å²) in [4.78, 5) is 18.9. The van der Waals surface area contributed by atoms with Crippen LogP contribution < -0.4 is 0 Å². The van der Waals surface area contributed by atoms with E-state index < -0.39 is 0 Å². The van der Waals surface area contributed by atoms with Gasteiger partial charge in [0.25, 0.3) is 0 Å². The Labute approximate surface area is 317 Å². The molecule has 0 saturated carbocycles. The Morgan fingerprint density at radius 3 is 1.51 bits per heavy atom. The number of aromatic nitrogens is 4. The van der Waals surface area contributed by atoms with Gasteiger partial charge in [-0.05, 0) is 100 Å². The first kappa shape index (κ1) is 34.1. The van der Waals surface area contributed by atoms with Crippen molar-refractivity contribution in [3.8, 4) is 34.1 Å². The van der Waals surface area contributed by atoms with Crippen molar-refractivity contribution in [3.05, 3.63) is 114 Å². The summed E-state index contributed by atoms with van der Waals surface area (Å²) in [6.07, 6.45) is 3.89. The van der Waals surface area contributed by atoms with Gasteiger partial charge in [-0.3, -0.25) is 0 Å². The third kappa shape index (κ3) is 5.47. The van der Waals surface area contributed by atoms with Crippen LogP contribution in [0.25, 0.3) is 88.7 Å². The van der Waals surface area contributed by atoms with E-state index in [1.54, 1.807) is 24.3 Å². The van der Waals surface area contributed by atoms with E-state index in [0.717, 1.165) is 27.8 Å². The second kappa shape index (κ2) is 11.9. The van der Waals surface area contributed by atoms with Crippen LogP contribution in [0.2, 0.25) is 0 Å². The summed E-state index contributed by atoms with van der Waals surface area (Å²) < 4.78 is 0. The fraction of sp³-hybridized carbons (Fsp3) is 0.170. The second-order valence-electron chi connectivity index (χ2n) is 16.5. The molecule has 8 aromatic rings. The van der Waals surface area contributed by atoms with E-state index in [9.17, 15) is 20.4 Å². The maximum absolute atomic E-state index is 12.1. The molecule has 9 rings (SSSR count). The average Bonchev–Trinajstić information content (AvgIpc) is 3.84. The SMILES string of the molecule is CC(C)(C)c1cc2c3nc(c(-c4ccccc4)c4ccc([nH]4)c4cc(C(C)(C)C)cc(c4O)c4ccc5c(O)c(O)c6ccc(nc6c5n4)c(c1)c2O)C=C3. The van der Waals surface area contributed by atoms with E-state index in [0.29, 0.717) is 71.3 Å². The Hall–Kier alpha value is -6.67. The van der Waals surface area contributed by atoms with Gasteiger partial charge >= 0.3 is 0 Å². The second-order valence-corrected chi connectivity index (χ2v) is 16.5. The number of nitrogens with zero attached hydrogens (tertiary/aromatic N) is 3. The lowest BCUT2D eigenvalue weighted by Gasteiger charge is -2.20. The highest BCUT2D eigenvalue weighted by Gasteiger charge is 2.22. The zero-order valence-electron chi connectivity index (χ0n) is 31.4. The smallest absolute Gasteiger partial charge is 0.167 e. The zero-order valence-corrected chi connectivity index (χ0v) is 31.4. The fourth-order valence-corrected chi connectivity index (χ4v) is 7.54. The van der Waals surface area contributed by atoms with Gasteiger partial charge in [0.1, 0.15) is 22.5 Å². The number of aromatic hydroxyl groups is 4. The molecule has 1 aliphatic rings. The Balaban J connectivity index is 1.57. The Morgan fingerprint density at radius 2 is 0.945 bits per heavy atom. The topological polar surface area (TPSA) is 135 Å². The van der Waals surface area contributed by atoms with E-state index >= 15 is 0 Å². The standard InChI is InChI=1S/C47H40N4O4/c1-46(2,3)25-20-29-33-16-18-37(48-33)39(24-10-8-7-9-11-24)38-19-17-34(49-38)30-21-26(47(4,5)6)23-32(43(30)53)36-15-13-28-41(51-36)40-27(44(54)45(28)55)12-14-35(50-40)31(22-25)42(29)52/h7-23,48,52-55H,1-6H3. The number of H-pyrrole nitrogens is 1. The summed E-state index contributed by atoms with van der Waals surface area (Å²) in [5, 5.41) is 49.4. The minimum Gasteiger partial charge on any atom is -0.507 e. The van der Waals surface area contributed by atoms with Gasteiger partial charge in [0, 0.05) is 48.9 Å². The minimum atomic E-state index is -0.316. The number of hydrogen-bond acceptors (Lipinski definition) is 7. The Kier molecular flexibility index (Phi) is 7.39. The predicted molar refractivity (Wildman–Crippen MR) is 224 cm³/mol. The first-order valence-corrected chi connectivity index (χ1v) is 18.3. The number of nitrogens with one attached hydrogen (secondary N) is 1. The van der Waals surface area contributed by atoms with E-state index in [1.165, 1.54) is 0 Å². The lowest BCUT2D eigenvalue weighted by atomic mass is 9.85. The molecule has 8 heteroatoms. The summed E-state index contributed by atoms with van der Waals surface area (Å²) in [6.45, 7) is 12.7. The molecular formula is C47H40N4O4. The third-order valence-electron chi connectivity index (χ3n) is 10.7. The molecule has 0 spiro atoms. The Bertz CT molecular complexity index is 3100. The van der Waals surface area contributed by atoms with Crippen molar-refractivity contribution in [2.24, 2.45) is 0 Å². The highest BCUT2D eigenvalue weighted by molar-refractivity contribution is 6.13. The average molecular weight is 725 g/mol. The molecule has 0 radical (unpaired) electrons. The molecule has 5 N–H and O–H groups in total. The molecule has 4 aromatic carbocycles. The minimum absolute atomic E-state index is 0.0162. The predicted octanol–water partition coefficient (Wildman–Crippen LogP) is 11.4. The number of hydrogen-bond donors (Lipinski definition) is 5. The van der Waals surface area contributed by atoms with Gasteiger partial charge in [0.2, 0.25) is 0 Å². The molecule has 0 amide bonds. The highest BCUT2D eigenvalue weighted by atomic mass is 16.3. The normalized spacial score (nSPS) is 12.8. The quantitative estimate of drug-likeness (QED) is 0.0840. The number of phenols is 4. The molecule has 1 aliphatic heterocycles. The van der Waals surface area contributed by atoms with Gasteiger partial charge < -0.3 is 25.4 Å². The van der Waals surface area contributed by atoms with Crippen molar-refractivity contribution >= 4 is 77.6 Å². The van der Waals surface area contributed by atoms with Crippen LogP contribution in [0.15, 0.2) is 91.0 Å². The summed E-state index contributed by atoms with van der Waals surface area (Å²) >= 11 is 0. The van der Waals surface area contributed by atoms with Gasteiger partial charge in [-0.1, -0.05) is 71.9 Å². The number of pyridine rings is 2. The largest absolute Gasteiger partial charge is 0.507 e. The van der Waals surface area contributed by atoms with Crippen molar-refractivity contribution in [1.82, 2.24) is 19.9 Å². The van der Waals surface area contributed by atoms with Crippen LogP contribution in [0.5, 0.6) is 23.0 Å². The number of phenolic OH excluding ortho intramolecular Hbond substituents is 4. The zero-order chi connectivity index (χ0) is 38.6. The van der Waals surface area contributed by atoms with E-state index in [2.05, 4.69) is 46.5 Å². The molecule has 8 nitrogen and oxygen atoms in total. The molecule has 0 fully saturated rings. The maximum Gasteiger partial charge on any atom is 0.167 e. The molecule has 5 heterocycles. The molecule has 272 valence electrons. The fourth-order valence-electron chi connectivity index (χ4n) is 7.54. The monoisotopic (exact) mass is 724 g/mol. The van der Waals surface area contributed by atoms with Crippen molar-refractivity contribution in [3.63, 3.8) is 0 Å². The summed E-state index contributed by atoms with van der Waals surface area (Å²) in [6, 6.07) is 28.7. The maximum atomic E-state index is 12.1. The third-order valence-corrected chi connectivity index (χ3v) is 10.7. The molecule has 0 aliphatic carbocycles. The molecular weight excluding hydrogens is 685 g/mol. The van der Waals surface area contributed by atoms with Gasteiger partial charge in [0.05, 0.1) is 22.4 Å². The van der Waals surface area contributed by atoms with Crippen LogP contribution in [0.3, 0.4) is 0 Å². The number of benzene rings is 4. The van der Waals surface area contributed by atoms with E-state index in [4.69, 9.17) is 15.0 Å². The summed E-state index contributed by atoms with van der Waals surface area (Å²) in [5.74, 6) is -0.574. The Morgan fingerprint density at radius 1 is 0.455 bits per heavy atom. The van der Waals surface area contributed by atoms with Crippen molar-refractivity contribution < 1.29 is 20.4 Å². The first-order valence-electron chi connectivity index (χ1n) is 18.3. The van der Waals surface area contributed by atoms with Crippen LogP contribution in [0.1, 0.15) is 64.1 Å². The van der Waals surface area contributed by atoms with Gasteiger partial charge in [-0.15, -0.1) is 0 Å². The lowest BCUT2D eigenvalue weighted by molar-refractivity contribution is 0.412. The summed E-state index contributed by atoms with van der Waals surface area (Å²) in [5.41, 5.74) is 7.60. The van der Waals surface area contributed by atoms with E-state index in [1.807, 2.05) is 78.9 Å². The molecule has 4 aromatic heterocycles. The summed E-state index contributed by atoms with van der Waals surface area (Å²) in [7, 11) is 0. The van der Waals surface area contributed by atoms with Crippen molar-refractivity contribution in [2.45, 2.75) is 52.4 Å². The lowest BCUT2D eigenvalue weighted by Crippen LogP contribution is -2.10. The van der Waals surface area contributed by atoms with Gasteiger partial charge in [-0.25, -0.2) is 15.0 Å². The number of rotatable bonds is 1. The molecule has 0 unspecified atom stereocenters. The molecule has 12 bridgehead atoms. The molecule has 55 heavy (non-hydrogen) atoms.